The largest absolute Gasteiger partial charge is 0.494 e. The highest BCUT2D eigenvalue weighted by Gasteiger charge is 2.16. The van der Waals surface area contributed by atoms with Crippen LogP contribution in [0.5, 0.6) is 5.75 Å². The lowest BCUT2D eigenvalue weighted by atomic mass is 10.1. The van der Waals surface area contributed by atoms with Crippen molar-refractivity contribution in [3.8, 4) is 5.75 Å². The second kappa shape index (κ2) is 6.57. The fraction of sp³-hybridized carbons (Fsp3) is 0.133. The summed E-state index contributed by atoms with van der Waals surface area (Å²) >= 11 is 0. The second-order valence-corrected chi connectivity index (χ2v) is 4.37. The Labute approximate surface area is 126 Å². The van der Waals surface area contributed by atoms with Crippen LogP contribution in [0, 0.1) is 10.1 Å². The van der Waals surface area contributed by atoms with Gasteiger partial charge in [0.15, 0.2) is 0 Å². The third-order valence-electron chi connectivity index (χ3n) is 2.89. The zero-order chi connectivity index (χ0) is 16.1. The van der Waals surface area contributed by atoms with Gasteiger partial charge in [-0.25, -0.2) is 4.79 Å². The van der Waals surface area contributed by atoms with E-state index >= 15 is 0 Å². The number of anilines is 2. The first kappa shape index (κ1) is 15.3. The molecule has 2 rings (SSSR count). The number of nitro benzene ring substituents is 1. The molecule has 0 aliphatic rings. The van der Waals surface area contributed by atoms with E-state index in [4.69, 9.17) is 4.74 Å². The summed E-state index contributed by atoms with van der Waals surface area (Å²) in [4.78, 5) is 21.3. The summed E-state index contributed by atoms with van der Waals surface area (Å²) in [6.45, 7) is 2.43. The molecule has 22 heavy (non-hydrogen) atoms. The molecule has 2 aromatic rings. The molecule has 0 aliphatic heterocycles. The minimum atomic E-state index is -1.24. The summed E-state index contributed by atoms with van der Waals surface area (Å²) < 4.78 is 5.32. The van der Waals surface area contributed by atoms with Gasteiger partial charge in [-0.05, 0) is 37.3 Å². The lowest BCUT2D eigenvalue weighted by molar-refractivity contribution is -0.384. The quantitative estimate of drug-likeness (QED) is 0.626. The van der Waals surface area contributed by atoms with E-state index in [0.29, 0.717) is 18.0 Å². The number of benzene rings is 2. The number of aromatic carboxylic acids is 1. The summed E-state index contributed by atoms with van der Waals surface area (Å²) in [6.07, 6.45) is 0. The van der Waals surface area contributed by atoms with Crippen LogP contribution in [0.2, 0.25) is 0 Å². The van der Waals surface area contributed by atoms with E-state index in [1.807, 2.05) is 6.92 Å². The predicted octanol–water partition coefficient (Wildman–Crippen LogP) is 3.44. The Morgan fingerprint density at radius 2 is 1.95 bits per heavy atom. The van der Waals surface area contributed by atoms with E-state index in [2.05, 4.69) is 5.32 Å². The lowest BCUT2D eigenvalue weighted by Gasteiger charge is -2.10. The summed E-state index contributed by atoms with van der Waals surface area (Å²) in [5.74, 6) is -0.535. The number of hydrogen-bond acceptors (Lipinski definition) is 5. The van der Waals surface area contributed by atoms with Crippen molar-refractivity contribution in [2.75, 3.05) is 11.9 Å². The van der Waals surface area contributed by atoms with Crippen LogP contribution in [0.4, 0.5) is 17.1 Å². The molecule has 0 radical (unpaired) electrons. The van der Waals surface area contributed by atoms with Crippen molar-refractivity contribution in [3.63, 3.8) is 0 Å². The van der Waals surface area contributed by atoms with Gasteiger partial charge < -0.3 is 15.2 Å². The highest BCUT2D eigenvalue weighted by molar-refractivity contribution is 5.96. The average molecular weight is 302 g/mol. The molecule has 7 heteroatoms. The lowest BCUT2D eigenvalue weighted by Crippen LogP contribution is -2.04. The summed E-state index contributed by atoms with van der Waals surface area (Å²) in [6, 6.07) is 10.6. The smallest absolute Gasteiger partial charge is 0.338 e. The number of nitrogens with one attached hydrogen (secondary N) is 1. The van der Waals surface area contributed by atoms with Crippen LogP contribution in [0.25, 0.3) is 0 Å². The Balaban J connectivity index is 2.28. The zero-order valence-corrected chi connectivity index (χ0v) is 11.8. The number of ether oxygens (including phenoxy) is 1. The third-order valence-corrected chi connectivity index (χ3v) is 2.89. The van der Waals surface area contributed by atoms with Crippen molar-refractivity contribution in [1.82, 2.24) is 0 Å². The summed E-state index contributed by atoms with van der Waals surface area (Å²) in [5.41, 5.74) is 0.500. The number of rotatable bonds is 6. The number of nitrogens with zero attached hydrogens (tertiary/aromatic N) is 1. The molecule has 0 fully saturated rings. The monoisotopic (exact) mass is 302 g/mol. The normalized spacial score (nSPS) is 10.0. The molecule has 0 saturated carbocycles. The summed E-state index contributed by atoms with van der Waals surface area (Å²) in [7, 11) is 0. The van der Waals surface area contributed by atoms with Crippen molar-refractivity contribution >= 4 is 23.0 Å². The molecule has 0 unspecified atom stereocenters. The number of hydrogen-bond donors (Lipinski definition) is 2. The van der Waals surface area contributed by atoms with E-state index in [0.717, 1.165) is 6.07 Å². The van der Waals surface area contributed by atoms with Gasteiger partial charge in [0.1, 0.15) is 5.75 Å². The molecule has 0 aliphatic carbocycles. The van der Waals surface area contributed by atoms with E-state index < -0.39 is 10.9 Å². The molecule has 114 valence electrons. The minimum absolute atomic E-state index is 0.164. The van der Waals surface area contributed by atoms with Crippen molar-refractivity contribution in [2.45, 2.75) is 6.92 Å². The van der Waals surface area contributed by atoms with Gasteiger partial charge in [-0.2, -0.15) is 0 Å². The van der Waals surface area contributed by atoms with Gasteiger partial charge in [-0.1, -0.05) is 0 Å². The van der Waals surface area contributed by atoms with Gasteiger partial charge >= 0.3 is 5.97 Å². The first-order valence-corrected chi connectivity index (χ1v) is 6.53. The molecule has 0 atom stereocenters. The van der Waals surface area contributed by atoms with Crippen LogP contribution >= 0.6 is 0 Å². The molecule has 0 saturated heterocycles. The molecule has 7 nitrogen and oxygen atoms in total. The standard InChI is InChI=1S/C15H14N2O5/c1-2-22-12-6-3-10(4-7-12)16-14-8-5-11(17(20)21)9-13(14)15(18)19/h3-9,16H,2H2,1H3,(H,18,19). The van der Waals surface area contributed by atoms with Gasteiger partial charge in [-0.3, -0.25) is 10.1 Å². The maximum absolute atomic E-state index is 11.2. The SMILES string of the molecule is CCOc1ccc(Nc2ccc([N+](=O)[O-])cc2C(=O)O)cc1. The van der Waals surface area contributed by atoms with Crippen molar-refractivity contribution in [1.29, 1.82) is 0 Å². The van der Waals surface area contributed by atoms with Gasteiger partial charge in [0.05, 0.1) is 22.8 Å². The molecule has 0 bridgehead atoms. The van der Waals surface area contributed by atoms with Crippen molar-refractivity contribution in [2.24, 2.45) is 0 Å². The Bertz CT molecular complexity index is 698. The highest BCUT2D eigenvalue weighted by Crippen LogP contribution is 2.26. The average Bonchev–Trinajstić information content (AvgIpc) is 2.49. The highest BCUT2D eigenvalue weighted by atomic mass is 16.6. The van der Waals surface area contributed by atoms with Gasteiger partial charge in [-0.15, -0.1) is 0 Å². The van der Waals surface area contributed by atoms with E-state index in [-0.39, 0.29) is 16.9 Å². The number of non-ortho nitro benzene ring substituents is 1. The van der Waals surface area contributed by atoms with Gasteiger partial charge in [0.25, 0.3) is 5.69 Å². The first-order chi connectivity index (χ1) is 10.5. The van der Waals surface area contributed by atoms with Crippen molar-refractivity contribution in [3.05, 3.63) is 58.1 Å². The first-order valence-electron chi connectivity index (χ1n) is 6.53. The van der Waals surface area contributed by atoms with Crippen LogP contribution in [-0.4, -0.2) is 22.6 Å². The van der Waals surface area contributed by atoms with E-state index in [1.165, 1.54) is 12.1 Å². The molecular formula is C15H14N2O5. The third kappa shape index (κ3) is 3.51. The Morgan fingerprint density at radius 1 is 1.27 bits per heavy atom. The molecule has 0 spiro atoms. The molecule has 0 amide bonds. The van der Waals surface area contributed by atoms with Crippen LogP contribution in [0.15, 0.2) is 42.5 Å². The van der Waals surface area contributed by atoms with Crippen molar-refractivity contribution < 1.29 is 19.6 Å². The molecule has 2 aromatic carbocycles. The van der Waals surface area contributed by atoms with Crippen LogP contribution in [0.3, 0.4) is 0 Å². The molecule has 2 N–H and O–H groups in total. The van der Waals surface area contributed by atoms with E-state index in [9.17, 15) is 20.0 Å². The number of carbonyl (C=O) groups is 1. The maximum atomic E-state index is 11.2. The van der Waals surface area contributed by atoms with Crippen LogP contribution in [-0.2, 0) is 0 Å². The molecular weight excluding hydrogens is 288 g/mol. The number of carboxylic acids is 1. The fourth-order valence-corrected chi connectivity index (χ4v) is 1.89. The second-order valence-electron chi connectivity index (χ2n) is 4.37. The van der Waals surface area contributed by atoms with Gasteiger partial charge in [0, 0.05) is 17.8 Å². The predicted molar refractivity (Wildman–Crippen MR) is 80.9 cm³/mol. The van der Waals surface area contributed by atoms with E-state index in [1.54, 1.807) is 24.3 Å². The number of carboxylic acid groups (broad SMARTS) is 1. The minimum Gasteiger partial charge on any atom is -0.494 e. The zero-order valence-electron chi connectivity index (χ0n) is 11.8. The van der Waals surface area contributed by atoms with Crippen LogP contribution in [0.1, 0.15) is 17.3 Å². The summed E-state index contributed by atoms with van der Waals surface area (Å²) in [5, 5.41) is 22.8. The topological polar surface area (TPSA) is 102 Å². The molecule has 0 heterocycles. The molecule has 0 aromatic heterocycles. The Hall–Kier alpha value is -3.09. The Kier molecular flexibility index (Phi) is 4.57. The maximum Gasteiger partial charge on any atom is 0.338 e. The van der Waals surface area contributed by atoms with Gasteiger partial charge in [0.2, 0.25) is 0 Å². The van der Waals surface area contributed by atoms with Crippen LogP contribution < -0.4 is 10.1 Å². The Morgan fingerprint density at radius 3 is 2.50 bits per heavy atom. The fourth-order valence-electron chi connectivity index (χ4n) is 1.89. The number of nitro groups is 1.